The molecule has 1 atom stereocenters. The van der Waals surface area contributed by atoms with Crippen molar-refractivity contribution in [3.63, 3.8) is 0 Å². The molecule has 19 heavy (non-hydrogen) atoms. The van der Waals surface area contributed by atoms with Gasteiger partial charge < -0.3 is 5.32 Å². The molecule has 1 unspecified atom stereocenters. The highest BCUT2D eigenvalue weighted by Crippen LogP contribution is 2.31. The molecular formula is C16H23N3. The molecule has 0 bridgehead atoms. The molecule has 0 aliphatic heterocycles. The van der Waals surface area contributed by atoms with Crippen molar-refractivity contribution in [3.8, 4) is 0 Å². The van der Waals surface area contributed by atoms with Gasteiger partial charge in [0.25, 0.3) is 0 Å². The zero-order valence-electron chi connectivity index (χ0n) is 12.2. The van der Waals surface area contributed by atoms with E-state index in [9.17, 15) is 0 Å². The van der Waals surface area contributed by atoms with Gasteiger partial charge in [0.15, 0.2) is 0 Å². The third-order valence-corrected chi connectivity index (χ3v) is 3.06. The second-order valence-corrected chi connectivity index (χ2v) is 6.28. The van der Waals surface area contributed by atoms with Gasteiger partial charge in [-0.25, -0.2) is 0 Å². The molecule has 0 aliphatic rings. The van der Waals surface area contributed by atoms with E-state index < -0.39 is 0 Å². The van der Waals surface area contributed by atoms with Crippen LogP contribution in [0, 0.1) is 5.41 Å². The van der Waals surface area contributed by atoms with Gasteiger partial charge in [0, 0.05) is 13.2 Å². The van der Waals surface area contributed by atoms with Crippen molar-refractivity contribution in [3.05, 3.63) is 48.3 Å². The summed E-state index contributed by atoms with van der Waals surface area (Å²) in [4.78, 5) is 0. The van der Waals surface area contributed by atoms with Crippen LogP contribution < -0.4 is 5.32 Å². The zero-order chi connectivity index (χ0) is 13.9. The van der Waals surface area contributed by atoms with Crippen LogP contribution >= 0.6 is 0 Å². The van der Waals surface area contributed by atoms with E-state index in [1.165, 1.54) is 5.56 Å². The van der Waals surface area contributed by atoms with Crippen molar-refractivity contribution in [2.75, 3.05) is 5.32 Å². The molecule has 1 heterocycles. The summed E-state index contributed by atoms with van der Waals surface area (Å²) in [7, 11) is 1.94. The van der Waals surface area contributed by atoms with Gasteiger partial charge in [-0.2, -0.15) is 5.10 Å². The molecule has 0 amide bonds. The largest absolute Gasteiger partial charge is 0.376 e. The Kier molecular flexibility index (Phi) is 3.93. The Morgan fingerprint density at radius 2 is 1.89 bits per heavy atom. The van der Waals surface area contributed by atoms with Crippen molar-refractivity contribution < 1.29 is 0 Å². The first-order valence-electron chi connectivity index (χ1n) is 6.74. The summed E-state index contributed by atoms with van der Waals surface area (Å²) in [6.07, 6.45) is 4.96. The minimum absolute atomic E-state index is 0.274. The molecule has 0 aliphatic carbocycles. The second-order valence-electron chi connectivity index (χ2n) is 6.28. The van der Waals surface area contributed by atoms with Crippen LogP contribution in [0.3, 0.4) is 0 Å². The third-order valence-electron chi connectivity index (χ3n) is 3.06. The fourth-order valence-corrected chi connectivity index (χ4v) is 2.25. The van der Waals surface area contributed by atoms with Crippen LogP contribution in [0.2, 0.25) is 0 Å². The number of rotatable bonds is 4. The van der Waals surface area contributed by atoms with E-state index in [0.29, 0.717) is 6.04 Å². The van der Waals surface area contributed by atoms with Crippen LogP contribution in [0.4, 0.5) is 5.69 Å². The van der Waals surface area contributed by atoms with E-state index in [4.69, 9.17) is 0 Å². The summed E-state index contributed by atoms with van der Waals surface area (Å²) < 4.78 is 1.82. The van der Waals surface area contributed by atoms with E-state index in [2.05, 4.69) is 61.5 Å². The van der Waals surface area contributed by atoms with Crippen molar-refractivity contribution in [2.45, 2.75) is 33.2 Å². The molecule has 0 spiro atoms. The summed E-state index contributed by atoms with van der Waals surface area (Å²) in [5, 5.41) is 7.80. The molecule has 1 aromatic heterocycles. The molecule has 102 valence electrons. The second kappa shape index (κ2) is 5.47. The SMILES string of the molecule is Cn1cc(NC(CC(C)(C)C)c2ccccc2)cn1. The highest BCUT2D eigenvalue weighted by molar-refractivity contribution is 5.41. The van der Waals surface area contributed by atoms with Crippen molar-refractivity contribution in [1.82, 2.24) is 9.78 Å². The molecule has 3 nitrogen and oxygen atoms in total. The maximum absolute atomic E-state index is 4.21. The highest BCUT2D eigenvalue weighted by Gasteiger charge is 2.20. The average Bonchev–Trinajstić information content (AvgIpc) is 2.73. The third kappa shape index (κ3) is 4.12. The summed E-state index contributed by atoms with van der Waals surface area (Å²) in [5.74, 6) is 0. The zero-order valence-corrected chi connectivity index (χ0v) is 12.2. The lowest BCUT2D eigenvalue weighted by molar-refractivity contribution is 0.352. The lowest BCUT2D eigenvalue weighted by atomic mass is 9.85. The molecule has 1 aromatic carbocycles. The maximum Gasteiger partial charge on any atom is 0.0731 e. The minimum atomic E-state index is 0.274. The molecule has 0 fully saturated rings. The van der Waals surface area contributed by atoms with Crippen molar-refractivity contribution >= 4 is 5.69 Å². The maximum atomic E-state index is 4.21. The number of aromatic nitrogens is 2. The summed E-state index contributed by atoms with van der Waals surface area (Å²) >= 11 is 0. The normalized spacial score (nSPS) is 13.3. The smallest absolute Gasteiger partial charge is 0.0731 e. The molecule has 0 saturated heterocycles. The van der Waals surface area contributed by atoms with Gasteiger partial charge in [-0.1, -0.05) is 51.1 Å². The number of hydrogen-bond acceptors (Lipinski definition) is 2. The van der Waals surface area contributed by atoms with Gasteiger partial charge >= 0.3 is 0 Å². The van der Waals surface area contributed by atoms with Gasteiger partial charge in [0.1, 0.15) is 0 Å². The Morgan fingerprint density at radius 1 is 1.21 bits per heavy atom. The molecule has 2 aromatic rings. The van der Waals surface area contributed by atoms with Gasteiger partial charge in [-0.15, -0.1) is 0 Å². The first-order chi connectivity index (χ1) is 8.94. The van der Waals surface area contributed by atoms with Gasteiger partial charge in [0.2, 0.25) is 0 Å². The molecular weight excluding hydrogens is 234 g/mol. The standard InChI is InChI=1S/C16H23N3/c1-16(2,3)10-15(13-8-6-5-7-9-13)18-14-11-17-19(4)12-14/h5-9,11-12,15,18H,10H2,1-4H3. The Hall–Kier alpha value is -1.77. The van der Waals surface area contributed by atoms with E-state index in [0.717, 1.165) is 12.1 Å². The minimum Gasteiger partial charge on any atom is -0.376 e. The topological polar surface area (TPSA) is 29.9 Å². The fourth-order valence-electron chi connectivity index (χ4n) is 2.25. The van der Waals surface area contributed by atoms with Crippen molar-refractivity contribution in [1.29, 1.82) is 0 Å². The van der Waals surface area contributed by atoms with Crippen LogP contribution in [0.1, 0.15) is 38.8 Å². The van der Waals surface area contributed by atoms with Gasteiger partial charge in [-0.05, 0) is 17.4 Å². The van der Waals surface area contributed by atoms with Crippen molar-refractivity contribution in [2.24, 2.45) is 12.5 Å². The molecule has 0 saturated carbocycles. The molecule has 0 radical (unpaired) electrons. The van der Waals surface area contributed by atoms with Crippen LogP contribution in [0.15, 0.2) is 42.7 Å². The Balaban J connectivity index is 2.19. The lowest BCUT2D eigenvalue weighted by Crippen LogP contribution is -2.18. The van der Waals surface area contributed by atoms with Gasteiger partial charge in [0.05, 0.1) is 17.9 Å². The molecule has 1 N–H and O–H groups in total. The summed E-state index contributed by atoms with van der Waals surface area (Å²) in [6, 6.07) is 10.9. The van der Waals surface area contributed by atoms with Crippen LogP contribution in [0.25, 0.3) is 0 Å². The van der Waals surface area contributed by atoms with Crippen LogP contribution in [0.5, 0.6) is 0 Å². The first kappa shape index (κ1) is 13.7. The van der Waals surface area contributed by atoms with Crippen LogP contribution in [-0.4, -0.2) is 9.78 Å². The van der Waals surface area contributed by atoms with E-state index in [1.54, 1.807) is 0 Å². The Labute approximate surface area is 115 Å². The van der Waals surface area contributed by atoms with E-state index in [1.807, 2.05) is 24.1 Å². The first-order valence-corrected chi connectivity index (χ1v) is 6.74. The number of nitrogens with zero attached hydrogens (tertiary/aromatic N) is 2. The number of aryl methyl sites for hydroxylation is 1. The predicted octanol–water partition coefficient (Wildman–Crippen LogP) is 4.01. The van der Waals surface area contributed by atoms with Gasteiger partial charge in [-0.3, -0.25) is 4.68 Å². The number of hydrogen-bond donors (Lipinski definition) is 1. The Bertz CT molecular complexity index is 508. The van der Waals surface area contributed by atoms with E-state index >= 15 is 0 Å². The van der Waals surface area contributed by atoms with E-state index in [-0.39, 0.29) is 5.41 Å². The number of anilines is 1. The monoisotopic (exact) mass is 257 g/mol. The lowest BCUT2D eigenvalue weighted by Gasteiger charge is -2.27. The number of benzene rings is 1. The Morgan fingerprint density at radius 3 is 2.42 bits per heavy atom. The summed E-state index contributed by atoms with van der Waals surface area (Å²) in [6.45, 7) is 6.82. The average molecular weight is 257 g/mol. The quantitative estimate of drug-likeness (QED) is 0.897. The highest BCUT2D eigenvalue weighted by atomic mass is 15.3. The number of nitrogens with one attached hydrogen (secondary N) is 1. The van der Waals surface area contributed by atoms with Crippen LogP contribution in [-0.2, 0) is 7.05 Å². The molecule has 3 heteroatoms. The molecule has 2 rings (SSSR count). The fraction of sp³-hybridized carbons (Fsp3) is 0.438. The summed E-state index contributed by atoms with van der Waals surface area (Å²) in [5.41, 5.74) is 2.66. The predicted molar refractivity (Wildman–Crippen MR) is 80.1 cm³/mol.